The van der Waals surface area contributed by atoms with Crippen LogP contribution >= 0.6 is 0 Å². The summed E-state index contributed by atoms with van der Waals surface area (Å²) < 4.78 is 2.10. The summed E-state index contributed by atoms with van der Waals surface area (Å²) in [6.45, 7) is 6.30. The summed E-state index contributed by atoms with van der Waals surface area (Å²) >= 11 is 0. The Morgan fingerprint density at radius 2 is 1.93 bits per heavy atom. The Morgan fingerprint density at radius 1 is 1.19 bits per heavy atom. The molecule has 2 amide bonds. The van der Waals surface area contributed by atoms with Crippen LogP contribution in [-0.2, 0) is 11.3 Å². The zero-order valence-electron chi connectivity index (χ0n) is 15.5. The van der Waals surface area contributed by atoms with E-state index in [-0.39, 0.29) is 11.8 Å². The molecule has 2 N–H and O–H groups in total. The summed E-state index contributed by atoms with van der Waals surface area (Å²) in [6.07, 6.45) is 1.55. The lowest BCUT2D eigenvalue weighted by Crippen LogP contribution is -2.17. The number of hydrogen-bond donors (Lipinski definition) is 2. The van der Waals surface area contributed by atoms with E-state index in [9.17, 15) is 9.59 Å². The van der Waals surface area contributed by atoms with Crippen LogP contribution in [0.3, 0.4) is 0 Å². The van der Waals surface area contributed by atoms with Gasteiger partial charge in [0.1, 0.15) is 5.82 Å². The van der Waals surface area contributed by atoms with E-state index in [1.807, 2.05) is 13.0 Å². The number of rotatable bonds is 5. The summed E-state index contributed by atoms with van der Waals surface area (Å²) in [4.78, 5) is 27.8. The fraction of sp³-hybridized carbons (Fsp3) is 0.200. The zero-order valence-corrected chi connectivity index (χ0v) is 15.5. The Morgan fingerprint density at radius 3 is 2.59 bits per heavy atom. The zero-order chi connectivity index (χ0) is 19.4. The lowest BCUT2D eigenvalue weighted by atomic mass is 10.2. The highest BCUT2D eigenvalue weighted by Gasteiger charge is 2.10. The van der Waals surface area contributed by atoms with Gasteiger partial charge in [0.15, 0.2) is 0 Å². The molecule has 138 valence electrons. The number of aromatic nitrogens is 2. The Balaban J connectivity index is 1.67. The molecular weight excluding hydrogens is 342 g/mol. The van der Waals surface area contributed by atoms with E-state index in [1.165, 1.54) is 6.92 Å². The van der Waals surface area contributed by atoms with E-state index < -0.39 is 0 Å². The number of hydrogen-bond acceptors (Lipinski definition) is 4. The molecule has 3 aromatic rings. The van der Waals surface area contributed by atoms with E-state index in [0.29, 0.717) is 11.3 Å². The molecule has 0 fully saturated rings. The van der Waals surface area contributed by atoms with Gasteiger partial charge < -0.3 is 9.88 Å². The maximum atomic E-state index is 12.3. The first kappa shape index (κ1) is 18.3. The van der Waals surface area contributed by atoms with Crippen LogP contribution in [0.1, 0.15) is 35.6 Å². The van der Waals surface area contributed by atoms with Crippen molar-refractivity contribution in [3.8, 4) is 0 Å². The Kier molecular flexibility index (Phi) is 5.30. The highest BCUT2D eigenvalue weighted by atomic mass is 16.2. The van der Waals surface area contributed by atoms with Crippen LogP contribution < -0.4 is 10.7 Å². The average molecular weight is 363 g/mol. The van der Waals surface area contributed by atoms with Gasteiger partial charge in [0, 0.05) is 24.7 Å². The van der Waals surface area contributed by atoms with Gasteiger partial charge in [-0.3, -0.25) is 9.59 Å². The maximum absolute atomic E-state index is 12.3. The number of amides is 2. The highest BCUT2D eigenvalue weighted by Crippen LogP contribution is 2.17. The lowest BCUT2D eigenvalue weighted by Gasteiger charge is -2.03. The largest absolute Gasteiger partial charge is 0.329 e. The van der Waals surface area contributed by atoms with Crippen LogP contribution in [0, 0.1) is 6.92 Å². The lowest BCUT2D eigenvalue weighted by molar-refractivity contribution is -0.114. The number of hydrazone groups is 1. The monoisotopic (exact) mass is 363 g/mol. The molecule has 0 aliphatic rings. The van der Waals surface area contributed by atoms with Crippen LogP contribution in [0.15, 0.2) is 47.6 Å². The third-order valence-corrected chi connectivity index (χ3v) is 4.13. The predicted octanol–water partition coefficient (Wildman–Crippen LogP) is 3.09. The summed E-state index contributed by atoms with van der Waals surface area (Å²) in [5.74, 6) is 0.497. The molecule has 3 rings (SSSR count). The fourth-order valence-corrected chi connectivity index (χ4v) is 2.88. The molecule has 2 aromatic carbocycles. The van der Waals surface area contributed by atoms with E-state index in [0.717, 1.165) is 29.0 Å². The molecule has 0 aliphatic carbocycles. The number of fused-ring (bicyclic) bond motifs is 1. The molecule has 7 heteroatoms. The van der Waals surface area contributed by atoms with Crippen molar-refractivity contribution in [2.24, 2.45) is 5.10 Å². The minimum Gasteiger partial charge on any atom is -0.329 e. The van der Waals surface area contributed by atoms with E-state index >= 15 is 0 Å². The number of nitrogens with zero attached hydrogens (tertiary/aromatic N) is 3. The molecule has 0 unspecified atom stereocenters. The molecule has 0 radical (unpaired) electrons. The van der Waals surface area contributed by atoms with Gasteiger partial charge in [-0.2, -0.15) is 5.10 Å². The maximum Gasteiger partial charge on any atom is 0.271 e. The molecule has 1 heterocycles. The number of anilines is 1. The first-order valence-corrected chi connectivity index (χ1v) is 8.66. The highest BCUT2D eigenvalue weighted by molar-refractivity contribution is 5.98. The molecule has 27 heavy (non-hydrogen) atoms. The second-order valence-electron chi connectivity index (χ2n) is 6.11. The van der Waals surface area contributed by atoms with E-state index in [1.54, 1.807) is 42.6 Å². The number of benzene rings is 2. The van der Waals surface area contributed by atoms with Crippen LogP contribution in [-0.4, -0.2) is 27.6 Å². The van der Waals surface area contributed by atoms with Crippen LogP contribution in [0.2, 0.25) is 0 Å². The molecule has 1 aromatic heterocycles. The topological polar surface area (TPSA) is 88.4 Å². The molecule has 0 spiro atoms. The minimum atomic E-state index is -0.299. The van der Waals surface area contributed by atoms with E-state index in [4.69, 9.17) is 0 Å². The van der Waals surface area contributed by atoms with Crippen molar-refractivity contribution in [2.45, 2.75) is 27.3 Å². The number of aryl methyl sites for hydroxylation is 2. The second kappa shape index (κ2) is 7.82. The smallest absolute Gasteiger partial charge is 0.271 e. The Hall–Kier alpha value is -3.48. The van der Waals surface area contributed by atoms with Crippen molar-refractivity contribution < 1.29 is 9.59 Å². The molecule has 0 aliphatic heterocycles. The molecular formula is C20H21N5O2. The fourth-order valence-electron chi connectivity index (χ4n) is 2.88. The van der Waals surface area contributed by atoms with Crippen molar-refractivity contribution in [2.75, 3.05) is 5.32 Å². The van der Waals surface area contributed by atoms with Crippen molar-refractivity contribution in [3.05, 3.63) is 59.4 Å². The molecule has 0 atom stereocenters. The third-order valence-electron chi connectivity index (χ3n) is 4.13. The molecule has 0 bridgehead atoms. The number of carbonyl (C=O) groups excluding carboxylic acids is 2. The number of nitrogens with one attached hydrogen (secondary N) is 2. The van der Waals surface area contributed by atoms with Gasteiger partial charge in [-0.25, -0.2) is 10.4 Å². The normalized spacial score (nSPS) is 11.1. The first-order chi connectivity index (χ1) is 13.0. The van der Waals surface area contributed by atoms with Gasteiger partial charge in [0.2, 0.25) is 5.91 Å². The van der Waals surface area contributed by atoms with Crippen molar-refractivity contribution >= 4 is 34.7 Å². The number of imidazole rings is 1. The predicted molar refractivity (Wildman–Crippen MR) is 106 cm³/mol. The molecule has 7 nitrogen and oxygen atoms in total. The average Bonchev–Trinajstić information content (AvgIpc) is 2.96. The van der Waals surface area contributed by atoms with Crippen LogP contribution in [0.5, 0.6) is 0 Å². The summed E-state index contributed by atoms with van der Waals surface area (Å²) in [7, 11) is 0. The van der Waals surface area contributed by atoms with Crippen LogP contribution in [0.25, 0.3) is 11.0 Å². The first-order valence-electron chi connectivity index (χ1n) is 8.66. The van der Waals surface area contributed by atoms with Gasteiger partial charge in [-0.15, -0.1) is 0 Å². The number of carbonyl (C=O) groups is 2. The van der Waals surface area contributed by atoms with Gasteiger partial charge in [0.05, 0.1) is 17.2 Å². The Bertz CT molecular complexity index is 1020. The van der Waals surface area contributed by atoms with Crippen molar-refractivity contribution in [1.29, 1.82) is 0 Å². The van der Waals surface area contributed by atoms with Gasteiger partial charge in [0.25, 0.3) is 5.91 Å². The van der Waals surface area contributed by atoms with Crippen LogP contribution in [0.4, 0.5) is 5.69 Å². The summed E-state index contributed by atoms with van der Waals surface area (Å²) in [5, 5.41) is 6.68. The second-order valence-corrected chi connectivity index (χ2v) is 6.11. The summed E-state index contributed by atoms with van der Waals surface area (Å²) in [6, 6.07) is 12.6. The minimum absolute atomic E-state index is 0.125. The quantitative estimate of drug-likeness (QED) is 0.539. The third kappa shape index (κ3) is 4.20. The van der Waals surface area contributed by atoms with Crippen molar-refractivity contribution in [1.82, 2.24) is 15.0 Å². The standard InChI is InChI=1S/C20H21N5O2/c1-4-25-13(2)22-18-11-16(7-10-19(18)25)20(27)24-21-12-15-5-8-17(9-6-15)23-14(3)26/h5-12H,4H2,1-3H3,(H,23,26)(H,24,27)/b21-12+. The van der Waals surface area contributed by atoms with Gasteiger partial charge in [-0.1, -0.05) is 12.1 Å². The molecule has 0 saturated carbocycles. The van der Waals surface area contributed by atoms with Crippen molar-refractivity contribution in [3.63, 3.8) is 0 Å². The SMILES string of the molecule is CCn1c(C)nc2cc(C(=O)N/N=C/c3ccc(NC(C)=O)cc3)ccc21. The van der Waals surface area contributed by atoms with E-state index in [2.05, 4.69) is 32.3 Å². The summed E-state index contributed by atoms with van der Waals surface area (Å²) in [5.41, 5.74) is 6.33. The molecule has 0 saturated heterocycles. The van der Waals surface area contributed by atoms with Gasteiger partial charge >= 0.3 is 0 Å². The van der Waals surface area contributed by atoms with Gasteiger partial charge in [-0.05, 0) is 49.7 Å². The Labute approximate surface area is 157 Å².